The minimum absolute atomic E-state index is 0.0276. The highest BCUT2D eigenvalue weighted by Crippen LogP contribution is 2.27. The lowest BCUT2D eigenvalue weighted by molar-refractivity contribution is -0.142. The summed E-state index contributed by atoms with van der Waals surface area (Å²) in [5, 5.41) is 6.43. The summed E-state index contributed by atoms with van der Waals surface area (Å²) >= 11 is 0. The van der Waals surface area contributed by atoms with Gasteiger partial charge in [0.1, 0.15) is 12.1 Å². The lowest BCUT2D eigenvalue weighted by Gasteiger charge is -2.41. The van der Waals surface area contributed by atoms with E-state index in [9.17, 15) is 19.2 Å². The molecule has 2 saturated heterocycles. The third kappa shape index (κ3) is 10.0. The summed E-state index contributed by atoms with van der Waals surface area (Å²) in [6.07, 6.45) is 14.2. The number of rotatable bonds is 10. The molecule has 1 aliphatic carbocycles. The maximum absolute atomic E-state index is 14.2. The van der Waals surface area contributed by atoms with Crippen molar-refractivity contribution in [2.75, 3.05) is 20.1 Å². The first-order valence-corrected chi connectivity index (χ1v) is 18.3. The average Bonchev–Trinajstić information content (AvgIpc) is 3.48. The third-order valence-electron chi connectivity index (χ3n) is 10.4. The van der Waals surface area contributed by atoms with Gasteiger partial charge in [0.25, 0.3) is 0 Å². The van der Waals surface area contributed by atoms with Crippen LogP contribution < -0.4 is 10.6 Å². The van der Waals surface area contributed by atoms with Crippen LogP contribution in [0.5, 0.6) is 0 Å². The van der Waals surface area contributed by atoms with Crippen LogP contribution in [0.1, 0.15) is 132 Å². The molecule has 0 aromatic heterocycles. The normalized spacial score (nSPS) is 23.9. The van der Waals surface area contributed by atoms with Gasteiger partial charge in [-0.15, -0.1) is 0 Å². The molecule has 0 aromatic carbocycles. The number of nitrogens with zero attached hydrogens (tertiary/aromatic N) is 3. The molecule has 2 heterocycles. The Balaban J connectivity index is 1.74. The molecule has 2 unspecified atom stereocenters. The fraction of sp³-hybridized carbons (Fsp3) is 0.838. The van der Waals surface area contributed by atoms with E-state index in [2.05, 4.69) is 29.4 Å². The average molecular weight is 644 g/mol. The predicted octanol–water partition coefficient (Wildman–Crippen LogP) is 5.43. The van der Waals surface area contributed by atoms with Gasteiger partial charge in [-0.25, -0.2) is 0 Å². The van der Waals surface area contributed by atoms with Gasteiger partial charge in [0.05, 0.1) is 12.1 Å². The summed E-state index contributed by atoms with van der Waals surface area (Å²) in [5.74, 6) is -0.403. The SMILES string of the molecule is C/C(=C\[C@H](C(C)C)N(C)C(=O)C(NC(=O)[C@H]1CCCCN1C(C)C)C(C)(C)C)C(=O)N1CCCC1C(=O)NC1CCCCCCC1. The molecule has 0 bridgehead atoms. The van der Waals surface area contributed by atoms with Gasteiger partial charge in [0.15, 0.2) is 0 Å². The number of hydrogen-bond acceptors (Lipinski definition) is 5. The zero-order chi connectivity index (χ0) is 34.2. The Morgan fingerprint density at radius 2 is 1.37 bits per heavy atom. The highest BCUT2D eigenvalue weighted by molar-refractivity contribution is 5.97. The van der Waals surface area contributed by atoms with Crippen molar-refractivity contribution >= 4 is 23.6 Å². The minimum atomic E-state index is -0.716. The van der Waals surface area contributed by atoms with Crippen LogP contribution in [0.15, 0.2) is 11.6 Å². The van der Waals surface area contributed by atoms with Gasteiger partial charge >= 0.3 is 0 Å². The summed E-state index contributed by atoms with van der Waals surface area (Å²) in [6.45, 7) is 17.5. The Kier molecular flexibility index (Phi) is 14.2. The number of carbonyl (C=O) groups is 4. The van der Waals surface area contributed by atoms with Crippen molar-refractivity contribution in [2.45, 2.75) is 169 Å². The van der Waals surface area contributed by atoms with Crippen LogP contribution in [0.4, 0.5) is 0 Å². The summed E-state index contributed by atoms with van der Waals surface area (Å²) in [7, 11) is 1.77. The smallest absolute Gasteiger partial charge is 0.249 e. The van der Waals surface area contributed by atoms with E-state index in [0.29, 0.717) is 18.5 Å². The van der Waals surface area contributed by atoms with Gasteiger partial charge in [-0.1, -0.05) is 79.2 Å². The maximum atomic E-state index is 14.2. The first kappa shape index (κ1) is 38.0. The van der Waals surface area contributed by atoms with E-state index in [1.165, 1.54) is 19.3 Å². The fourth-order valence-corrected chi connectivity index (χ4v) is 7.58. The summed E-state index contributed by atoms with van der Waals surface area (Å²) in [4.78, 5) is 60.7. The maximum Gasteiger partial charge on any atom is 0.249 e. The van der Waals surface area contributed by atoms with Crippen LogP contribution >= 0.6 is 0 Å². The largest absolute Gasteiger partial charge is 0.352 e. The van der Waals surface area contributed by atoms with Crippen LogP contribution in [-0.4, -0.2) is 94.7 Å². The van der Waals surface area contributed by atoms with Crippen molar-refractivity contribution in [2.24, 2.45) is 11.3 Å². The van der Waals surface area contributed by atoms with Gasteiger partial charge in [0.2, 0.25) is 23.6 Å². The molecule has 262 valence electrons. The van der Waals surface area contributed by atoms with E-state index in [1.807, 2.05) is 40.7 Å². The van der Waals surface area contributed by atoms with Crippen LogP contribution in [0.25, 0.3) is 0 Å². The van der Waals surface area contributed by atoms with Gasteiger partial charge in [0, 0.05) is 31.2 Å². The Bertz CT molecular complexity index is 1070. The van der Waals surface area contributed by atoms with Gasteiger partial charge in [-0.3, -0.25) is 24.1 Å². The number of hydrogen-bond donors (Lipinski definition) is 2. The van der Waals surface area contributed by atoms with E-state index < -0.39 is 17.5 Å². The molecule has 2 aliphatic heterocycles. The van der Waals surface area contributed by atoms with Gasteiger partial charge < -0.3 is 20.4 Å². The lowest BCUT2D eigenvalue weighted by Crippen LogP contribution is -2.60. The minimum Gasteiger partial charge on any atom is -0.352 e. The van der Waals surface area contributed by atoms with Gasteiger partial charge in [-0.05, 0) is 77.2 Å². The summed E-state index contributed by atoms with van der Waals surface area (Å²) < 4.78 is 0. The molecule has 1 saturated carbocycles. The fourth-order valence-electron chi connectivity index (χ4n) is 7.58. The number of amides is 4. The Morgan fingerprint density at radius 3 is 1.96 bits per heavy atom. The molecule has 0 aromatic rings. The molecule has 0 radical (unpaired) electrons. The van der Waals surface area contributed by atoms with Crippen LogP contribution in [0, 0.1) is 11.3 Å². The molecule has 4 amide bonds. The molecule has 0 spiro atoms. The second kappa shape index (κ2) is 17.1. The molecular weight excluding hydrogens is 578 g/mol. The van der Waals surface area contributed by atoms with Crippen molar-refractivity contribution in [1.82, 2.24) is 25.3 Å². The monoisotopic (exact) mass is 644 g/mol. The van der Waals surface area contributed by atoms with E-state index in [-0.39, 0.29) is 53.7 Å². The number of likely N-dealkylation sites (tertiary alicyclic amines) is 2. The van der Waals surface area contributed by atoms with E-state index in [4.69, 9.17) is 0 Å². The Hall–Kier alpha value is -2.42. The Labute approximate surface area is 279 Å². The van der Waals surface area contributed by atoms with Crippen LogP contribution in [0.3, 0.4) is 0 Å². The second-order valence-electron chi connectivity index (χ2n) is 15.9. The number of nitrogens with one attached hydrogen (secondary N) is 2. The quantitative estimate of drug-likeness (QED) is 0.309. The number of likely N-dealkylation sites (N-methyl/N-ethyl adjacent to an activating group) is 1. The molecular formula is C37H65N5O4. The van der Waals surface area contributed by atoms with Crippen molar-refractivity contribution < 1.29 is 19.2 Å². The zero-order valence-corrected chi connectivity index (χ0v) is 30.5. The number of piperidine rings is 1. The molecule has 46 heavy (non-hydrogen) atoms. The molecule has 9 heteroatoms. The highest BCUT2D eigenvalue weighted by atomic mass is 16.2. The van der Waals surface area contributed by atoms with Crippen molar-refractivity contribution in [3.8, 4) is 0 Å². The predicted molar refractivity (Wildman–Crippen MR) is 185 cm³/mol. The van der Waals surface area contributed by atoms with Crippen molar-refractivity contribution in [1.29, 1.82) is 0 Å². The molecule has 4 atom stereocenters. The van der Waals surface area contributed by atoms with Crippen molar-refractivity contribution in [3.05, 3.63) is 11.6 Å². The molecule has 3 aliphatic rings. The van der Waals surface area contributed by atoms with Crippen LogP contribution in [0.2, 0.25) is 0 Å². The standard InChI is InChI=1S/C37H65N5O4/c1-25(2)31(40(9)36(46)32(37(6,7)8)39-34(44)29-20-15-16-22-41(29)26(3)4)24-27(5)35(45)42-23-17-21-30(42)33(43)38-28-18-13-11-10-12-14-19-28/h24-26,28-32H,10-23H2,1-9H3,(H,38,43)(H,39,44)/b27-24+/t29-,30?,31-,32?/m1/s1. The molecule has 3 fully saturated rings. The van der Waals surface area contributed by atoms with Crippen LogP contribution in [-0.2, 0) is 19.2 Å². The lowest BCUT2D eigenvalue weighted by atomic mass is 9.84. The summed E-state index contributed by atoms with van der Waals surface area (Å²) in [5.41, 5.74) is 0.0243. The third-order valence-corrected chi connectivity index (χ3v) is 10.4. The first-order valence-electron chi connectivity index (χ1n) is 18.3. The Morgan fingerprint density at radius 1 is 0.783 bits per heavy atom. The molecule has 2 N–H and O–H groups in total. The highest BCUT2D eigenvalue weighted by Gasteiger charge is 2.40. The van der Waals surface area contributed by atoms with E-state index >= 15 is 0 Å². The first-order chi connectivity index (χ1) is 21.6. The molecule has 3 rings (SSSR count). The second-order valence-corrected chi connectivity index (χ2v) is 15.9. The zero-order valence-electron chi connectivity index (χ0n) is 30.5. The van der Waals surface area contributed by atoms with Gasteiger partial charge in [-0.2, -0.15) is 0 Å². The van der Waals surface area contributed by atoms with Crippen molar-refractivity contribution in [3.63, 3.8) is 0 Å². The number of carbonyl (C=O) groups excluding carboxylic acids is 4. The topological polar surface area (TPSA) is 102 Å². The summed E-state index contributed by atoms with van der Waals surface area (Å²) in [6, 6.07) is -1.33. The molecule has 9 nitrogen and oxygen atoms in total. The van der Waals surface area contributed by atoms with E-state index in [1.54, 1.807) is 23.8 Å². The van der Waals surface area contributed by atoms with E-state index in [0.717, 1.165) is 57.9 Å².